The highest BCUT2D eigenvalue weighted by molar-refractivity contribution is 5.84. The van der Waals surface area contributed by atoms with Gasteiger partial charge < -0.3 is 29.8 Å². The number of ether oxygens (including phenoxy) is 3. The normalized spacial score (nSPS) is 16.1. The minimum Gasteiger partial charge on any atom is -0.493 e. The van der Waals surface area contributed by atoms with Crippen molar-refractivity contribution in [1.82, 2.24) is 25.6 Å². The van der Waals surface area contributed by atoms with Crippen molar-refractivity contribution < 1.29 is 19.0 Å². The van der Waals surface area contributed by atoms with Crippen LogP contribution < -0.4 is 24.8 Å². The minimum atomic E-state index is -0.507. The number of carbonyl (C=O) groups is 1. The van der Waals surface area contributed by atoms with Gasteiger partial charge in [0.05, 0.1) is 26.1 Å². The highest BCUT2D eigenvalue weighted by Gasteiger charge is 2.19. The van der Waals surface area contributed by atoms with E-state index in [0.29, 0.717) is 34.1 Å². The van der Waals surface area contributed by atoms with Gasteiger partial charge in [0.1, 0.15) is 0 Å². The number of rotatable bonds is 5. The van der Waals surface area contributed by atoms with Crippen LogP contribution in [0.4, 0.5) is 4.79 Å². The van der Waals surface area contributed by atoms with Gasteiger partial charge in [0.25, 0.3) is 0 Å². The molecular weight excluding hydrogens is 362 g/mol. The fourth-order valence-electron chi connectivity index (χ4n) is 3.16. The fourth-order valence-corrected chi connectivity index (χ4v) is 3.16. The van der Waals surface area contributed by atoms with Gasteiger partial charge in [-0.25, -0.2) is 14.8 Å². The van der Waals surface area contributed by atoms with E-state index in [9.17, 15) is 4.79 Å². The molecule has 2 aromatic heterocycles. The van der Waals surface area contributed by atoms with Crippen LogP contribution >= 0.6 is 0 Å². The summed E-state index contributed by atoms with van der Waals surface area (Å²) in [5.41, 5.74) is 2.44. The second kappa shape index (κ2) is 7.73. The molecule has 1 amide bonds. The Morgan fingerprint density at radius 1 is 1.21 bits per heavy atom. The van der Waals surface area contributed by atoms with E-state index in [0.717, 1.165) is 25.1 Å². The van der Waals surface area contributed by atoms with Gasteiger partial charge in [-0.15, -0.1) is 0 Å². The standard InChI is InChI=1S/C19H21N5O4/c1-26-14-4-3-11(7-15(14)27-2)13-9-21-18-17(24-13)16(10-22-18)28-19(25)23-12-5-6-20-8-12/h3-4,7,9-10,12,20H,5-6,8H2,1-2H3,(H,21,22)(H,23,25). The maximum Gasteiger partial charge on any atom is 0.412 e. The van der Waals surface area contributed by atoms with Crippen LogP contribution in [0.2, 0.25) is 0 Å². The fraction of sp³-hybridized carbons (Fsp3) is 0.316. The van der Waals surface area contributed by atoms with Gasteiger partial charge in [0.15, 0.2) is 28.4 Å². The molecule has 3 heterocycles. The lowest BCUT2D eigenvalue weighted by Gasteiger charge is -2.11. The summed E-state index contributed by atoms with van der Waals surface area (Å²) in [5.74, 6) is 1.55. The molecule has 0 radical (unpaired) electrons. The molecule has 1 unspecified atom stereocenters. The monoisotopic (exact) mass is 383 g/mol. The number of fused-ring (bicyclic) bond motifs is 1. The van der Waals surface area contributed by atoms with Crippen molar-refractivity contribution in [2.75, 3.05) is 27.3 Å². The average Bonchev–Trinajstić information content (AvgIpc) is 3.37. The Bertz CT molecular complexity index is 997. The van der Waals surface area contributed by atoms with E-state index in [1.165, 1.54) is 0 Å². The van der Waals surface area contributed by atoms with Crippen LogP contribution in [-0.4, -0.2) is 54.4 Å². The molecule has 0 saturated carbocycles. The number of amides is 1. The molecule has 0 spiro atoms. The molecule has 9 heteroatoms. The smallest absolute Gasteiger partial charge is 0.412 e. The zero-order valence-electron chi connectivity index (χ0n) is 15.6. The first-order chi connectivity index (χ1) is 13.7. The first kappa shape index (κ1) is 18.1. The number of nitrogens with zero attached hydrogens (tertiary/aromatic N) is 2. The molecule has 0 aliphatic carbocycles. The molecule has 3 N–H and O–H groups in total. The van der Waals surface area contributed by atoms with E-state index >= 15 is 0 Å². The summed E-state index contributed by atoms with van der Waals surface area (Å²) >= 11 is 0. The number of aromatic nitrogens is 3. The van der Waals surface area contributed by atoms with E-state index in [-0.39, 0.29) is 6.04 Å². The zero-order valence-corrected chi connectivity index (χ0v) is 15.6. The number of hydrogen-bond donors (Lipinski definition) is 3. The van der Waals surface area contributed by atoms with Gasteiger partial charge in [-0.3, -0.25) is 0 Å². The van der Waals surface area contributed by atoms with Gasteiger partial charge in [-0.2, -0.15) is 0 Å². The van der Waals surface area contributed by atoms with Gasteiger partial charge in [-0.05, 0) is 31.2 Å². The Balaban J connectivity index is 1.60. The molecule has 0 bridgehead atoms. The Hall–Kier alpha value is -3.33. The predicted octanol–water partition coefficient (Wildman–Crippen LogP) is 2.09. The van der Waals surface area contributed by atoms with Crippen LogP contribution in [-0.2, 0) is 0 Å². The van der Waals surface area contributed by atoms with E-state index in [4.69, 9.17) is 14.2 Å². The van der Waals surface area contributed by atoms with Crippen LogP contribution in [0.5, 0.6) is 17.2 Å². The van der Waals surface area contributed by atoms with E-state index in [1.807, 2.05) is 12.1 Å². The first-order valence-electron chi connectivity index (χ1n) is 8.93. The summed E-state index contributed by atoms with van der Waals surface area (Å²) in [6.07, 6.45) is 3.60. The summed E-state index contributed by atoms with van der Waals surface area (Å²) < 4.78 is 16.1. The van der Waals surface area contributed by atoms with Gasteiger partial charge in [-0.1, -0.05) is 0 Å². The predicted molar refractivity (Wildman–Crippen MR) is 103 cm³/mol. The van der Waals surface area contributed by atoms with Crippen LogP contribution in [0.3, 0.4) is 0 Å². The highest BCUT2D eigenvalue weighted by Crippen LogP contribution is 2.32. The number of benzene rings is 1. The molecular formula is C19H21N5O4. The number of nitrogens with one attached hydrogen (secondary N) is 3. The summed E-state index contributed by atoms with van der Waals surface area (Å²) in [6, 6.07) is 5.56. The molecule has 1 aliphatic rings. The van der Waals surface area contributed by atoms with Crippen LogP contribution in [0.25, 0.3) is 22.4 Å². The topological polar surface area (TPSA) is 110 Å². The van der Waals surface area contributed by atoms with Crippen molar-refractivity contribution in [1.29, 1.82) is 0 Å². The van der Waals surface area contributed by atoms with Gasteiger partial charge in [0, 0.05) is 24.3 Å². The van der Waals surface area contributed by atoms with E-state index in [2.05, 4.69) is 25.6 Å². The van der Waals surface area contributed by atoms with Crippen LogP contribution in [0.1, 0.15) is 6.42 Å². The lowest BCUT2D eigenvalue weighted by Crippen LogP contribution is -2.38. The summed E-state index contributed by atoms with van der Waals surface area (Å²) in [7, 11) is 3.16. The third-order valence-electron chi connectivity index (χ3n) is 4.61. The molecule has 4 rings (SSSR count). The second-order valence-corrected chi connectivity index (χ2v) is 6.40. The summed E-state index contributed by atoms with van der Waals surface area (Å²) in [4.78, 5) is 24.1. The van der Waals surface area contributed by atoms with Crippen LogP contribution in [0.15, 0.2) is 30.6 Å². The molecule has 28 heavy (non-hydrogen) atoms. The van der Waals surface area contributed by atoms with Crippen molar-refractivity contribution in [2.24, 2.45) is 0 Å². The molecule has 146 valence electrons. The van der Waals surface area contributed by atoms with Crippen LogP contribution in [0, 0.1) is 0 Å². The highest BCUT2D eigenvalue weighted by atomic mass is 16.6. The van der Waals surface area contributed by atoms with Crippen molar-refractivity contribution in [2.45, 2.75) is 12.5 Å². The van der Waals surface area contributed by atoms with E-state index in [1.54, 1.807) is 32.7 Å². The lowest BCUT2D eigenvalue weighted by atomic mass is 10.1. The molecule has 1 atom stereocenters. The van der Waals surface area contributed by atoms with Crippen molar-refractivity contribution in [3.8, 4) is 28.5 Å². The molecule has 3 aromatic rings. The Kier molecular flexibility index (Phi) is 4.98. The molecule has 9 nitrogen and oxygen atoms in total. The summed E-state index contributed by atoms with van der Waals surface area (Å²) in [5, 5.41) is 6.03. The van der Waals surface area contributed by atoms with Crippen molar-refractivity contribution >= 4 is 17.3 Å². The first-order valence-corrected chi connectivity index (χ1v) is 8.93. The molecule has 1 fully saturated rings. The molecule has 1 aromatic carbocycles. The van der Waals surface area contributed by atoms with Gasteiger partial charge >= 0.3 is 6.09 Å². The van der Waals surface area contributed by atoms with E-state index < -0.39 is 6.09 Å². The molecule has 1 aliphatic heterocycles. The average molecular weight is 383 g/mol. The number of carbonyl (C=O) groups excluding carboxylic acids is 1. The van der Waals surface area contributed by atoms with Crippen molar-refractivity contribution in [3.05, 3.63) is 30.6 Å². The Morgan fingerprint density at radius 2 is 2.07 bits per heavy atom. The Morgan fingerprint density at radius 3 is 2.82 bits per heavy atom. The number of aromatic amines is 1. The quantitative estimate of drug-likeness (QED) is 0.619. The maximum absolute atomic E-state index is 12.2. The van der Waals surface area contributed by atoms with Gasteiger partial charge in [0.2, 0.25) is 0 Å². The lowest BCUT2D eigenvalue weighted by molar-refractivity contribution is 0.197. The maximum atomic E-state index is 12.2. The zero-order chi connectivity index (χ0) is 19.5. The molecule has 1 saturated heterocycles. The Labute approximate surface area is 161 Å². The van der Waals surface area contributed by atoms with Crippen molar-refractivity contribution in [3.63, 3.8) is 0 Å². The summed E-state index contributed by atoms with van der Waals surface area (Å²) in [6.45, 7) is 1.63. The SMILES string of the molecule is COc1ccc(-c2cnc3[nH]cc(OC(=O)NC4CCNC4)c3n2)cc1OC. The number of H-pyrrole nitrogens is 1. The second-order valence-electron chi connectivity index (χ2n) is 6.40. The number of hydrogen-bond acceptors (Lipinski definition) is 7. The largest absolute Gasteiger partial charge is 0.493 e. The minimum absolute atomic E-state index is 0.0751. The third-order valence-corrected chi connectivity index (χ3v) is 4.61. The third kappa shape index (κ3) is 3.56. The number of methoxy groups -OCH3 is 2.